The molecule has 28 heavy (non-hydrogen) atoms. The van der Waals surface area contributed by atoms with Crippen molar-refractivity contribution in [1.82, 2.24) is 9.88 Å². The first-order chi connectivity index (χ1) is 13.4. The summed E-state index contributed by atoms with van der Waals surface area (Å²) >= 11 is 0. The summed E-state index contributed by atoms with van der Waals surface area (Å²) in [6.07, 6.45) is 0.529. The third-order valence-electron chi connectivity index (χ3n) is 5.26. The number of rotatable bonds is 2. The number of hydrogen-bond donors (Lipinski definition) is 1. The van der Waals surface area contributed by atoms with Crippen LogP contribution in [0.5, 0.6) is 0 Å². The molecular weight excluding hydrogens is 365 g/mol. The Morgan fingerprint density at radius 2 is 2.04 bits per heavy atom. The Kier molecular flexibility index (Phi) is 4.50. The van der Waals surface area contributed by atoms with Crippen molar-refractivity contribution in [3.8, 4) is 0 Å². The van der Waals surface area contributed by atoms with Crippen LogP contribution in [0, 0.1) is 12.7 Å². The highest BCUT2D eigenvalue weighted by Gasteiger charge is 2.47. The lowest BCUT2D eigenvalue weighted by atomic mass is 10.00. The number of halogens is 1. The van der Waals surface area contributed by atoms with E-state index in [0.717, 1.165) is 0 Å². The molecule has 1 unspecified atom stereocenters. The van der Waals surface area contributed by atoms with Gasteiger partial charge >= 0.3 is 0 Å². The van der Waals surface area contributed by atoms with Crippen LogP contribution in [-0.2, 0) is 9.53 Å². The lowest BCUT2D eigenvalue weighted by molar-refractivity contribution is -0.137. The molecule has 3 heterocycles. The van der Waals surface area contributed by atoms with E-state index in [2.05, 4.69) is 4.98 Å². The average molecular weight is 385 g/mol. The van der Waals surface area contributed by atoms with Crippen LogP contribution in [0.4, 0.5) is 10.1 Å². The molecule has 8 heteroatoms. The molecule has 2 saturated heterocycles. The molecule has 4 rings (SSSR count). The number of likely N-dealkylation sites (tertiary alicyclic amines) is 1. The number of amides is 2. The van der Waals surface area contributed by atoms with Crippen molar-refractivity contribution in [3.63, 3.8) is 0 Å². The Morgan fingerprint density at radius 3 is 2.79 bits per heavy atom. The fourth-order valence-corrected chi connectivity index (χ4v) is 3.77. The number of nitrogens with zero attached hydrogens (tertiary/aromatic N) is 2. The number of carbonyl (C=O) groups excluding carboxylic acids is 2. The molecule has 2 amide bonds. The van der Waals surface area contributed by atoms with E-state index in [4.69, 9.17) is 4.74 Å². The number of ether oxygens (including phenoxy) is 1. The summed E-state index contributed by atoms with van der Waals surface area (Å²) in [6, 6.07) is 9.05. The van der Waals surface area contributed by atoms with Gasteiger partial charge in [-0.3, -0.25) is 14.4 Å². The molecule has 0 saturated carbocycles. The number of hydrogen-bond acceptors (Lipinski definition) is 4. The quantitative estimate of drug-likeness (QED) is 0.849. The molecule has 1 aromatic heterocycles. The monoisotopic (exact) mass is 385 g/mol. The summed E-state index contributed by atoms with van der Waals surface area (Å²) in [5.41, 5.74) is 0.0724. The summed E-state index contributed by atoms with van der Waals surface area (Å²) in [6.45, 7) is 2.51. The highest BCUT2D eigenvalue weighted by molar-refractivity contribution is 5.96. The van der Waals surface area contributed by atoms with Gasteiger partial charge in [0.15, 0.2) is 0 Å². The van der Waals surface area contributed by atoms with E-state index in [1.165, 1.54) is 23.1 Å². The lowest BCUT2D eigenvalue weighted by Crippen LogP contribution is -2.56. The minimum atomic E-state index is -0.729. The molecule has 146 valence electrons. The zero-order valence-electron chi connectivity index (χ0n) is 15.4. The van der Waals surface area contributed by atoms with Gasteiger partial charge in [0.2, 0.25) is 0 Å². The van der Waals surface area contributed by atoms with E-state index in [-0.39, 0.29) is 37.1 Å². The molecular formula is C20H20FN3O4. The lowest BCUT2D eigenvalue weighted by Gasteiger charge is -2.40. The number of morpholine rings is 1. The van der Waals surface area contributed by atoms with Crippen molar-refractivity contribution in [2.75, 3.05) is 31.1 Å². The number of nitrogens with one attached hydrogen (secondary N) is 1. The van der Waals surface area contributed by atoms with Gasteiger partial charge in [0.25, 0.3) is 17.4 Å². The van der Waals surface area contributed by atoms with Crippen molar-refractivity contribution in [2.24, 2.45) is 0 Å². The van der Waals surface area contributed by atoms with E-state index in [1.807, 2.05) is 0 Å². The van der Waals surface area contributed by atoms with Crippen LogP contribution < -0.4 is 10.5 Å². The van der Waals surface area contributed by atoms with Gasteiger partial charge in [-0.15, -0.1) is 0 Å². The predicted octanol–water partition coefficient (Wildman–Crippen LogP) is 1.47. The normalized spacial score (nSPS) is 22.1. The molecule has 2 aliphatic heterocycles. The number of aromatic amines is 1. The number of aromatic nitrogens is 1. The minimum absolute atomic E-state index is 0.0801. The van der Waals surface area contributed by atoms with Crippen LogP contribution in [0.3, 0.4) is 0 Å². The molecule has 0 radical (unpaired) electrons. The zero-order valence-corrected chi connectivity index (χ0v) is 15.4. The molecule has 2 aliphatic rings. The Morgan fingerprint density at radius 1 is 1.21 bits per heavy atom. The van der Waals surface area contributed by atoms with Crippen molar-refractivity contribution < 1.29 is 18.7 Å². The standard InChI is InChI=1S/C20H20FN3O4/c1-13-5-6-16(18(26)22-13)19(27)23-8-7-20(11-23)12-24(17(25)10-28-20)15-4-2-3-14(21)9-15/h2-6,9H,7-8,10-12H2,1H3,(H,22,26). The van der Waals surface area contributed by atoms with Gasteiger partial charge in [0, 0.05) is 17.9 Å². The predicted molar refractivity (Wildman–Crippen MR) is 99.8 cm³/mol. The van der Waals surface area contributed by atoms with Crippen LogP contribution in [0.2, 0.25) is 0 Å². The molecule has 1 atom stereocenters. The van der Waals surface area contributed by atoms with Crippen LogP contribution in [0.1, 0.15) is 22.5 Å². The summed E-state index contributed by atoms with van der Waals surface area (Å²) in [5.74, 6) is -1.04. The van der Waals surface area contributed by atoms with Crippen molar-refractivity contribution in [3.05, 3.63) is 63.8 Å². The average Bonchev–Trinajstić information content (AvgIpc) is 3.07. The number of anilines is 1. The summed E-state index contributed by atoms with van der Waals surface area (Å²) in [4.78, 5) is 42.9. The van der Waals surface area contributed by atoms with Gasteiger partial charge in [0.1, 0.15) is 23.6 Å². The second-order valence-electron chi connectivity index (χ2n) is 7.29. The summed E-state index contributed by atoms with van der Waals surface area (Å²) < 4.78 is 19.4. The Labute approximate surface area is 160 Å². The first-order valence-electron chi connectivity index (χ1n) is 9.06. The molecule has 1 spiro atoms. The SMILES string of the molecule is Cc1ccc(C(=O)N2CCC3(C2)CN(c2cccc(F)c2)C(=O)CO3)c(=O)[nH]1. The minimum Gasteiger partial charge on any atom is -0.361 e. The van der Waals surface area contributed by atoms with E-state index in [9.17, 15) is 18.8 Å². The van der Waals surface area contributed by atoms with Crippen molar-refractivity contribution in [1.29, 1.82) is 0 Å². The van der Waals surface area contributed by atoms with Gasteiger partial charge in [-0.25, -0.2) is 4.39 Å². The van der Waals surface area contributed by atoms with E-state index < -0.39 is 17.0 Å². The highest BCUT2D eigenvalue weighted by Crippen LogP contribution is 2.32. The summed E-state index contributed by atoms with van der Waals surface area (Å²) in [5, 5.41) is 0. The number of pyridine rings is 1. The first kappa shape index (κ1) is 18.4. The number of H-pyrrole nitrogens is 1. The fourth-order valence-electron chi connectivity index (χ4n) is 3.77. The largest absolute Gasteiger partial charge is 0.361 e. The van der Waals surface area contributed by atoms with Crippen LogP contribution >= 0.6 is 0 Å². The van der Waals surface area contributed by atoms with Crippen LogP contribution in [-0.4, -0.2) is 53.5 Å². The number of benzene rings is 1. The van der Waals surface area contributed by atoms with Gasteiger partial charge in [-0.2, -0.15) is 0 Å². The fraction of sp³-hybridized carbons (Fsp3) is 0.350. The van der Waals surface area contributed by atoms with Crippen LogP contribution in [0.15, 0.2) is 41.2 Å². The highest BCUT2D eigenvalue weighted by atomic mass is 19.1. The smallest absolute Gasteiger partial charge is 0.260 e. The number of aryl methyl sites for hydroxylation is 1. The topological polar surface area (TPSA) is 82.7 Å². The molecule has 2 fully saturated rings. The molecule has 1 N–H and O–H groups in total. The van der Waals surface area contributed by atoms with Crippen LogP contribution in [0.25, 0.3) is 0 Å². The Bertz CT molecular complexity index is 1000. The second-order valence-corrected chi connectivity index (χ2v) is 7.29. The molecule has 0 aliphatic carbocycles. The molecule has 1 aromatic carbocycles. The maximum atomic E-state index is 13.6. The number of carbonyl (C=O) groups is 2. The van der Waals surface area contributed by atoms with E-state index in [1.54, 1.807) is 30.0 Å². The van der Waals surface area contributed by atoms with Crippen molar-refractivity contribution in [2.45, 2.75) is 18.9 Å². The summed E-state index contributed by atoms with van der Waals surface area (Å²) in [7, 11) is 0. The molecule has 0 bridgehead atoms. The third kappa shape index (κ3) is 3.31. The van der Waals surface area contributed by atoms with E-state index in [0.29, 0.717) is 24.3 Å². The van der Waals surface area contributed by atoms with Gasteiger partial charge in [-0.1, -0.05) is 6.07 Å². The van der Waals surface area contributed by atoms with E-state index >= 15 is 0 Å². The Hall–Kier alpha value is -3.00. The Balaban J connectivity index is 1.54. The third-order valence-corrected chi connectivity index (χ3v) is 5.26. The second kappa shape index (κ2) is 6.87. The molecule has 7 nitrogen and oxygen atoms in total. The van der Waals surface area contributed by atoms with Gasteiger partial charge in [0.05, 0.1) is 13.1 Å². The molecule has 2 aromatic rings. The van der Waals surface area contributed by atoms with Gasteiger partial charge < -0.3 is 19.5 Å². The van der Waals surface area contributed by atoms with Crippen molar-refractivity contribution >= 4 is 17.5 Å². The zero-order chi connectivity index (χ0) is 19.9. The van der Waals surface area contributed by atoms with Gasteiger partial charge in [-0.05, 0) is 43.7 Å². The maximum absolute atomic E-state index is 13.6. The first-order valence-corrected chi connectivity index (χ1v) is 9.06. The maximum Gasteiger partial charge on any atom is 0.260 e.